The van der Waals surface area contributed by atoms with Gasteiger partial charge in [-0.1, -0.05) is 11.6 Å². The number of nitro benzene ring substituents is 1. The van der Waals surface area contributed by atoms with Gasteiger partial charge >= 0.3 is 18.1 Å². The molecule has 0 unspecified atom stereocenters. The maximum Gasteiger partial charge on any atom is 0.416 e. The maximum atomic E-state index is 12.8. The lowest BCUT2D eigenvalue weighted by molar-refractivity contribution is -0.385. The zero-order valence-electron chi connectivity index (χ0n) is 17.7. The predicted octanol–water partition coefficient (Wildman–Crippen LogP) is 4.72. The molecule has 9 nitrogen and oxygen atoms in total. The molecule has 0 radical (unpaired) electrons. The molecule has 0 saturated carbocycles. The van der Waals surface area contributed by atoms with Crippen molar-refractivity contribution in [3.63, 3.8) is 0 Å². The number of benzene rings is 2. The van der Waals surface area contributed by atoms with Gasteiger partial charge in [0, 0.05) is 18.2 Å². The lowest BCUT2D eigenvalue weighted by Crippen LogP contribution is -2.19. The second-order valence-electron chi connectivity index (χ2n) is 6.55. The Bertz CT molecular complexity index is 1050. The van der Waals surface area contributed by atoms with Crippen molar-refractivity contribution in [3.8, 4) is 11.5 Å². The summed E-state index contributed by atoms with van der Waals surface area (Å²) in [7, 11) is 0. The van der Waals surface area contributed by atoms with E-state index in [1.54, 1.807) is 6.92 Å². The normalized spacial score (nSPS) is 11.1. The number of hydrogen-bond donors (Lipinski definition) is 0. The van der Waals surface area contributed by atoms with Crippen LogP contribution in [-0.2, 0) is 36.4 Å². The molecule has 13 heteroatoms. The molecular weight excluding hydrogens is 487 g/mol. The monoisotopic (exact) mass is 505 g/mol. The van der Waals surface area contributed by atoms with E-state index in [-0.39, 0.29) is 35.3 Å². The molecule has 0 fully saturated rings. The van der Waals surface area contributed by atoms with Crippen LogP contribution >= 0.6 is 11.6 Å². The summed E-state index contributed by atoms with van der Waals surface area (Å²) < 4.78 is 58.3. The molecule has 0 amide bonds. The van der Waals surface area contributed by atoms with Crippen LogP contribution in [-0.4, -0.2) is 43.3 Å². The summed E-state index contributed by atoms with van der Waals surface area (Å²) in [6, 6.07) is 5.83. The number of nitrogens with zero attached hydrogens (tertiary/aromatic N) is 1. The number of rotatable bonds is 11. The highest BCUT2D eigenvalue weighted by molar-refractivity contribution is 6.32. The average molecular weight is 506 g/mol. The molecule has 0 bridgehead atoms. The number of esters is 2. The van der Waals surface area contributed by atoms with Crippen molar-refractivity contribution in [1.82, 2.24) is 0 Å². The first-order valence-corrected chi connectivity index (χ1v) is 10.1. The molecule has 0 N–H and O–H groups in total. The molecule has 0 spiro atoms. The fourth-order valence-electron chi connectivity index (χ4n) is 2.58. The van der Waals surface area contributed by atoms with E-state index >= 15 is 0 Å². The predicted molar refractivity (Wildman–Crippen MR) is 112 cm³/mol. The summed E-state index contributed by atoms with van der Waals surface area (Å²) in [5, 5.41) is 11.0. The minimum absolute atomic E-state index is 0.0228. The second kappa shape index (κ2) is 12.2. The van der Waals surface area contributed by atoms with E-state index in [0.717, 1.165) is 24.3 Å². The topological polar surface area (TPSA) is 114 Å². The maximum absolute atomic E-state index is 12.8. The zero-order valence-corrected chi connectivity index (χ0v) is 18.5. The van der Waals surface area contributed by atoms with Crippen molar-refractivity contribution in [2.75, 3.05) is 26.4 Å². The van der Waals surface area contributed by atoms with E-state index in [1.807, 2.05) is 0 Å². The standard InChI is InChI=1S/C21H19ClF3NO8/c1-2-31-7-8-32-20(28)12-33-19(27)10-13-9-15(4-5-17(13)26(29)30)34-18-6-3-14(11-16(18)22)21(23,24)25/h3-6,9,11H,2,7-8,10,12H2,1H3. The van der Waals surface area contributed by atoms with Gasteiger partial charge in [0.05, 0.1) is 28.5 Å². The van der Waals surface area contributed by atoms with Gasteiger partial charge in [-0.05, 0) is 37.3 Å². The summed E-state index contributed by atoms with van der Waals surface area (Å²) in [4.78, 5) is 34.2. The first kappa shape index (κ1) is 26.9. The molecule has 184 valence electrons. The van der Waals surface area contributed by atoms with Crippen LogP contribution in [0.5, 0.6) is 11.5 Å². The summed E-state index contributed by atoms with van der Waals surface area (Å²) in [5.41, 5.74) is -1.52. The van der Waals surface area contributed by atoms with Gasteiger partial charge in [0.25, 0.3) is 5.69 Å². The third kappa shape index (κ3) is 8.19. The smallest absolute Gasteiger partial charge is 0.416 e. The van der Waals surface area contributed by atoms with Gasteiger partial charge in [-0.2, -0.15) is 13.2 Å². The minimum atomic E-state index is -4.60. The van der Waals surface area contributed by atoms with Gasteiger partial charge in [0.1, 0.15) is 18.1 Å². The lowest BCUT2D eigenvalue weighted by Gasteiger charge is -2.12. The fourth-order valence-corrected chi connectivity index (χ4v) is 2.80. The Hall–Kier alpha value is -3.38. The summed E-state index contributed by atoms with van der Waals surface area (Å²) in [5.74, 6) is -1.93. The van der Waals surface area contributed by atoms with Crippen molar-refractivity contribution < 1.29 is 46.6 Å². The van der Waals surface area contributed by atoms with E-state index in [4.69, 9.17) is 30.5 Å². The summed E-state index contributed by atoms with van der Waals surface area (Å²) >= 11 is 5.86. The molecule has 0 aromatic heterocycles. The first-order chi connectivity index (χ1) is 16.0. The van der Waals surface area contributed by atoms with Crippen molar-refractivity contribution in [3.05, 3.63) is 62.7 Å². The van der Waals surface area contributed by atoms with Crippen molar-refractivity contribution >= 4 is 29.2 Å². The van der Waals surface area contributed by atoms with Gasteiger partial charge in [-0.15, -0.1) is 0 Å². The number of nitro groups is 1. The van der Waals surface area contributed by atoms with Crippen LogP contribution < -0.4 is 4.74 Å². The van der Waals surface area contributed by atoms with Gasteiger partial charge in [-0.3, -0.25) is 14.9 Å². The van der Waals surface area contributed by atoms with E-state index < -0.39 is 47.3 Å². The van der Waals surface area contributed by atoms with E-state index in [1.165, 1.54) is 6.07 Å². The first-order valence-electron chi connectivity index (χ1n) is 9.72. The molecule has 2 rings (SSSR count). The Morgan fingerprint density at radius 2 is 1.79 bits per heavy atom. The Morgan fingerprint density at radius 1 is 1.06 bits per heavy atom. The Morgan fingerprint density at radius 3 is 2.41 bits per heavy atom. The number of alkyl halides is 3. The van der Waals surface area contributed by atoms with Crippen LogP contribution in [0.25, 0.3) is 0 Å². The Balaban J connectivity index is 2.08. The van der Waals surface area contributed by atoms with Gasteiger partial charge in [-0.25, -0.2) is 4.79 Å². The van der Waals surface area contributed by atoms with Crippen LogP contribution in [0.3, 0.4) is 0 Å². The third-order valence-corrected chi connectivity index (χ3v) is 4.41. The quantitative estimate of drug-likeness (QED) is 0.186. The number of halogens is 4. The Kier molecular flexibility index (Phi) is 9.63. The highest BCUT2D eigenvalue weighted by Gasteiger charge is 2.31. The van der Waals surface area contributed by atoms with E-state index in [2.05, 4.69) is 0 Å². The van der Waals surface area contributed by atoms with Crippen molar-refractivity contribution in [1.29, 1.82) is 0 Å². The molecule has 2 aromatic carbocycles. The number of hydrogen-bond acceptors (Lipinski definition) is 8. The third-order valence-electron chi connectivity index (χ3n) is 4.12. The molecule has 0 aliphatic rings. The highest BCUT2D eigenvalue weighted by Crippen LogP contribution is 2.37. The fraction of sp³-hybridized carbons (Fsp3) is 0.333. The van der Waals surface area contributed by atoms with Crippen LogP contribution in [0, 0.1) is 10.1 Å². The molecule has 0 heterocycles. The summed E-state index contributed by atoms with van der Waals surface area (Å²) in [6.07, 6.45) is -5.18. The molecule has 0 aliphatic heterocycles. The number of carbonyl (C=O) groups is 2. The number of ether oxygens (including phenoxy) is 4. The van der Waals surface area contributed by atoms with E-state index in [9.17, 15) is 32.9 Å². The van der Waals surface area contributed by atoms with Crippen molar-refractivity contribution in [2.45, 2.75) is 19.5 Å². The molecule has 34 heavy (non-hydrogen) atoms. The zero-order chi connectivity index (χ0) is 25.3. The number of carbonyl (C=O) groups excluding carboxylic acids is 2. The SMILES string of the molecule is CCOCCOC(=O)COC(=O)Cc1cc(Oc2ccc(C(F)(F)F)cc2Cl)ccc1[N+](=O)[O-]. The summed E-state index contributed by atoms with van der Waals surface area (Å²) in [6.45, 7) is 1.66. The van der Waals surface area contributed by atoms with Gasteiger partial charge < -0.3 is 18.9 Å². The van der Waals surface area contributed by atoms with E-state index in [0.29, 0.717) is 12.7 Å². The lowest BCUT2D eigenvalue weighted by atomic mass is 10.1. The molecular formula is C21H19ClF3NO8. The largest absolute Gasteiger partial charge is 0.461 e. The average Bonchev–Trinajstić information content (AvgIpc) is 2.76. The van der Waals surface area contributed by atoms with Crippen LogP contribution in [0.2, 0.25) is 5.02 Å². The van der Waals surface area contributed by atoms with Crippen LogP contribution in [0.15, 0.2) is 36.4 Å². The molecule has 2 aromatic rings. The van der Waals surface area contributed by atoms with Gasteiger partial charge in [0.2, 0.25) is 0 Å². The Labute approximate surface area is 196 Å². The van der Waals surface area contributed by atoms with Gasteiger partial charge in [0.15, 0.2) is 6.61 Å². The van der Waals surface area contributed by atoms with Crippen LogP contribution in [0.1, 0.15) is 18.1 Å². The highest BCUT2D eigenvalue weighted by atomic mass is 35.5. The minimum Gasteiger partial charge on any atom is -0.461 e. The molecule has 0 aliphatic carbocycles. The van der Waals surface area contributed by atoms with Crippen LogP contribution in [0.4, 0.5) is 18.9 Å². The van der Waals surface area contributed by atoms with Crippen molar-refractivity contribution in [2.24, 2.45) is 0 Å². The molecule has 0 saturated heterocycles. The molecule has 0 atom stereocenters. The second-order valence-corrected chi connectivity index (χ2v) is 6.95.